The monoisotopic (exact) mass is 194 g/mol. The molecule has 0 saturated heterocycles. The Labute approximate surface area is 85.3 Å². The van der Waals surface area contributed by atoms with E-state index in [1.54, 1.807) is 11.1 Å². The lowest BCUT2D eigenvalue weighted by molar-refractivity contribution is -0.130. The van der Waals surface area contributed by atoms with Crippen LogP contribution in [0.3, 0.4) is 0 Å². The molecule has 3 heteroatoms. The summed E-state index contributed by atoms with van der Waals surface area (Å²) in [6, 6.07) is -0.379. The molecule has 1 amide bonds. The van der Waals surface area contributed by atoms with Crippen molar-refractivity contribution in [3.05, 3.63) is 24.4 Å². The maximum absolute atomic E-state index is 11.8. The molecule has 0 aliphatic carbocycles. The van der Waals surface area contributed by atoms with Crippen LogP contribution < -0.4 is 5.73 Å². The summed E-state index contributed by atoms with van der Waals surface area (Å²) >= 11 is 0. The highest BCUT2D eigenvalue weighted by molar-refractivity contribution is 5.83. The minimum absolute atomic E-state index is 0.0138. The third-order valence-corrected chi connectivity index (χ3v) is 2.64. The summed E-state index contributed by atoms with van der Waals surface area (Å²) in [5, 5.41) is 0. The molecule has 0 radical (unpaired) electrons. The molecule has 1 heterocycles. The normalized spacial score (nSPS) is 19.5. The van der Waals surface area contributed by atoms with Crippen LogP contribution in [0.4, 0.5) is 0 Å². The predicted octanol–water partition coefficient (Wildman–Crippen LogP) is 1.27. The second kappa shape index (κ2) is 4.96. The van der Waals surface area contributed by atoms with Gasteiger partial charge in [0.2, 0.25) is 5.91 Å². The Hall–Kier alpha value is -1.09. The molecule has 0 aromatic carbocycles. The van der Waals surface area contributed by atoms with E-state index in [-0.39, 0.29) is 17.9 Å². The van der Waals surface area contributed by atoms with E-state index in [0.29, 0.717) is 6.54 Å². The summed E-state index contributed by atoms with van der Waals surface area (Å²) < 4.78 is 0. The molecule has 1 rings (SSSR count). The van der Waals surface area contributed by atoms with Crippen molar-refractivity contribution in [1.29, 1.82) is 0 Å². The minimum Gasteiger partial charge on any atom is -0.320 e. The lowest BCUT2D eigenvalue weighted by Gasteiger charge is -2.25. The van der Waals surface area contributed by atoms with Gasteiger partial charge in [-0.05, 0) is 12.0 Å². The molecular weight excluding hydrogens is 176 g/mol. The second-order valence-corrected chi connectivity index (χ2v) is 3.67. The highest BCUT2D eigenvalue weighted by Crippen LogP contribution is 2.10. The Morgan fingerprint density at radius 2 is 2.29 bits per heavy atom. The van der Waals surface area contributed by atoms with Crippen LogP contribution >= 0.6 is 0 Å². The van der Waals surface area contributed by atoms with Crippen LogP contribution in [0.15, 0.2) is 24.4 Å². The molecule has 78 valence electrons. The molecule has 0 spiro atoms. The van der Waals surface area contributed by atoms with E-state index in [2.05, 4.69) is 0 Å². The molecule has 2 unspecified atom stereocenters. The number of amides is 1. The quantitative estimate of drug-likeness (QED) is 0.735. The molecule has 0 saturated carbocycles. The van der Waals surface area contributed by atoms with Crippen LogP contribution in [0.2, 0.25) is 0 Å². The summed E-state index contributed by atoms with van der Waals surface area (Å²) in [6.45, 7) is 4.69. The number of hydrogen-bond acceptors (Lipinski definition) is 2. The molecule has 1 aliphatic rings. The molecule has 1 aliphatic heterocycles. The van der Waals surface area contributed by atoms with Crippen LogP contribution in [0.1, 0.15) is 20.3 Å². The fourth-order valence-electron chi connectivity index (χ4n) is 1.32. The molecule has 3 nitrogen and oxygen atoms in total. The molecular formula is C11H18N2O. The average Bonchev–Trinajstić information content (AvgIpc) is 2.27. The highest BCUT2D eigenvalue weighted by atomic mass is 16.2. The first kappa shape index (κ1) is 11.0. The van der Waals surface area contributed by atoms with E-state index in [0.717, 1.165) is 6.42 Å². The van der Waals surface area contributed by atoms with E-state index in [1.165, 1.54) is 0 Å². The molecule has 0 aromatic heterocycles. The van der Waals surface area contributed by atoms with Crippen molar-refractivity contribution in [1.82, 2.24) is 4.90 Å². The lowest BCUT2D eigenvalue weighted by Crippen LogP contribution is -2.45. The molecule has 0 bridgehead atoms. The van der Waals surface area contributed by atoms with Crippen molar-refractivity contribution >= 4 is 5.91 Å². The zero-order chi connectivity index (χ0) is 10.6. The third kappa shape index (κ3) is 2.45. The fraction of sp³-hybridized carbons (Fsp3) is 0.545. The zero-order valence-electron chi connectivity index (χ0n) is 8.81. The van der Waals surface area contributed by atoms with Crippen molar-refractivity contribution in [2.45, 2.75) is 26.3 Å². The Balaban J connectivity index is 2.56. The van der Waals surface area contributed by atoms with Gasteiger partial charge in [0.25, 0.3) is 0 Å². The van der Waals surface area contributed by atoms with Gasteiger partial charge < -0.3 is 10.6 Å². The van der Waals surface area contributed by atoms with Crippen LogP contribution in [-0.2, 0) is 4.79 Å². The number of rotatable bonds is 3. The van der Waals surface area contributed by atoms with Gasteiger partial charge in [0.05, 0.1) is 6.04 Å². The summed E-state index contributed by atoms with van der Waals surface area (Å²) in [4.78, 5) is 13.5. The topological polar surface area (TPSA) is 46.3 Å². The van der Waals surface area contributed by atoms with E-state index in [1.807, 2.05) is 32.1 Å². The van der Waals surface area contributed by atoms with Crippen LogP contribution in [-0.4, -0.2) is 23.4 Å². The smallest absolute Gasteiger partial charge is 0.243 e. The number of carbonyl (C=O) groups excluding carboxylic acids is 1. The molecule has 2 atom stereocenters. The minimum atomic E-state index is -0.379. The summed E-state index contributed by atoms with van der Waals surface area (Å²) in [7, 11) is 0. The number of nitrogens with two attached hydrogens (primary N) is 1. The van der Waals surface area contributed by atoms with Gasteiger partial charge in [-0.2, -0.15) is 0 Å². The molecule has 0 fully saturated rings. The Bertz CT molecular complexity index is 258. The van der Waals surface area contributed by atoms with Gasteiger partial charge in [0.15, 0.2) is 0 Å². The summed E-state index contributed by atoms with van der Waals surface area (Å²) in [5.74, 6) is 0.252. The van der Waals surface area contributed by atoms with Crippen molar-refractivity contribution in [3.8, 4) is 0 Å². The third-order valence-electron chi connectivity index (χ3n) is 2.64. The van der Waals surface area contributed by atoms with Crippen molar-refractivity contribution in [3.63, 3.8) is 0 Å². The largest absolute Gasteiger partial charge is 0.320 e. The predicted molar refractivity (Wildman–Crippen MR) is 57.4 cm³/mol. The molecule has 14 heavy (non-hydrogen) atoms. The first-order valence-corrected chi connectivity index (χ1v) is 5.06. The average molecular weight is 194 g/mol. The van der Waals surface area contributed by atoms with Gasteiger partial charge in [-0.15, -0.1) is 0 Å². The van der Waals surface area contributed by atoms with E-state index in [4.69, 9.17) is 5.73 Å². The van der Waals surface area contributed by atoms with Crippen molar-refractivity contribution < 1.29 is 4.79 Å². The van der Waals surface area contributed by atoms with E-state index >= 15 is 0 Å². The van der Waals surface area contributed by atoms with Crippen LogP contribution in [0.25, 0.3) is 0 Å². The van der Waals surface area contributed by atoms with Gasteiger partial charge >= 0.3 is 0 Å². The van der Waals surface area contributed by atoms with Gasteiger partial charge in [0, 0.05) is 12.7 Å². The standard InChI is InChI=1S/C11H18N2O/c1-3-9(2)10(12)11(14)13-7-5-4-6-8-13/h4-7,9-10H,3,8,12H2,1-2H3. The highest BCUT2D eigenvalue weighted by Gasteiger charge is 2.23. The number of nitrogens with zero attached hydrogens (tertiary/aromatic N) is 1. The SMILES string of the molecule is CCC(C)C(N)C(=O)N1C=CC=CC1. The van der Waals surface area contributed by atoms with Gasteiger partial charge in [-0.3, -0.25) is 4.79 Å². The van der Waals surface area contributed by atoms with Gasteiger partial charge in [0.1, 0.15) is 0 Å². The van der Waals surface area contributed by atoms with Gasteiger partial charge in [-0.25, -0.2) is 0 Å². The first-order valence-electron chi connectivity index (χ1n) is 5.06. The number of allylic oxidation sites excluding steroid dienone is 2. The first-order chi connectivity index (χ1) is 6.66. The maximum Gasteiger partial charge on any atom is 0.243 e. The number of hydrogen-bond donors (Lipinski definition) is 1. The Morgan fingerprint density at radius 3 is 2.79 bits per heavy atom. The van der Waals surface area contributed by atoms with Crippen molar-refractivity contribution in [2.24, 2.45) is 11.7 Å². The van der Waals surface area contributed by atoms with E-state index in [9.17, 15) is 4.79 Å². The Morgan fingerprint density at radius 1 is 1.57 bits per heavy atom. The molecule has 0 aromatic rings. The zero-order valence-corrected chi connectivity index (χ0v) is 8.81. The molecule has 2 N–H and O–H groups in total. The fourth-order valence-corrected chi connectivity index (χ4v) is 1.32. The van der Waals surface area contributed by atoms with Crippen LogP contribution in [0.5, 0.6) is 0 Å². The van der Waals surface area contributed by atoms with E-state index < -0.39 is 0 Å². The number of carbonyl (C=O) groups is 1. The summed E-state index contributed by atoms with van der Waals surface area (Å²) in [5.41, 5.74) is 5.85. The van der Waals surface area contributed by atoms with Gasteiger partial charge in [-0.1, -0.05) is 32.4 Å². The second-order valence-electron chi connectivity index (χ2n) is 3.67. The summed E-state index contributed by atoms with van der Waals surface area (Å²) in [6.07, 6.45) is 8.44. The van der Waals surface area contributed by atoms with Crippen LogP contribution in [0, 0.1) is 5.92 Å². The lowest BCUT2D eigenvalue weighted by atomic mass is 9.99. The maximum atomic E-state index is 11.8. The Kier molecular flexibility index (Phi) is 3.89. The van der Waals surface area contributed by atoms with Crippen molar-refractivity contribution in [2.75, 3.05) is 6.54 Å².